The van der Waals surface area contributed by atoms with Crippen molar-refractivity contribution in [3.8, 4) is 0 Å². The monoisotopic (exact) mass is 396 g/mol. The minimum atomic E-state index is -0.790. The summed E-state index contributed by atoms with van der Waals surface area (Å²) in [4.78, 5) is 42.5. The summed E-state index contributed by atoms with van der Waals surface area (Å²) < 4.78 is 16.6. The topological polar surface area (TPSA) is 96.7 Å². The molecule has 0 aromatic carbocycles. The quantitative estimate of drug-likeness (QED) is 0.474. The van der Waals surface area contributed by atoms with E-state index in [-0.39, 0.29) is 18.8 Å². The number of carbonyl (C=O) groups excluding carboxylic acids is 2. The van der Waals surface area contributed by atoms with Crippen LogP contribution >= 0.6 is 11.3 Å². The molecule has 0 saturated carbocycles. The molecule has 1 atom stereocenters. The number of fused-ring (bicyclic) bond motifs is 1. The van der Waals surface area contributed by atoms with Gasteiger partial charge >= 0.3 is 11.9 Å². The van der Waals surface area contributed by atoms with Crippen LogP contribution in [-0.4, -0.2) is 47.9 Å². The van der Waals surface area contributed by atoms with E-state index in [1.165, 1.54) is 10.9 Å². The molecule has 0 aliphatic heterocycles. The molecular formula is C18H24N2O6S. The number of esters is 2. The number of hydrogen-bond donors (Lipinski definition) is 0. The Morgan fingerprint density at radius 3 is 2.56 bits per heavy atom. The Morgan fingerprint density at radius 1 is 1.19 bits per heavy atom. The van der Waals surface area contributed by atoms with Crippen LogP contribution in [0.25, 0.3) is 10.2 Å². The molecule has 0 spiro atoms. The number of thiophene rings is 1. The molecular weight excluding hydrogens is 372 g/mol. The lowest BCUT2D eigenvalue weighted by Gasteiger charge is -2.16. The van der Waals surface area contributed by atoms with E-state index in [2.05, 4.69) is 4.98 Å². The lowest BCUT2D eigenvalue weighted by atomic mass is 10.2. The summed E-state index contributed by atoms with van der Waals surface area (Å²) in [5.41, 5.74) is 0.137. The number of aromatic nitrogens is 2. The number of ether oxygens (including phenoxy) is 3. The van der Waals surface area contributed by atoms with Gasteiger partial charge in [-0.25, -0.2) is 14.6 Å². The Morgan fingerprint density at radius 2 is 1.93 bits per heavy atom. The first-order valence-electron chi connectivity index (χ1n) is 8.87. The highest BCUT2D eigenvalue weighted by molar-refractivity contribution is 7.20. The number of nitrogens with zero attached hydrogens (tertiary/aromatic N) is 2. The highest BCUT2D eigenvalue weighted by atomic mass is 32.1. The lowest BCUT2D eigenvalue weighted by Crippen LogP contribution is -2.31. The Labute approximate surface area is 161 Å². The van der Waals surface area contributed by atoms with Crippen LogP contribution in [0.1, 0.15) is 48.5 Å². The molecule has 9 heteroatoms. The predicted molar refractivity (Wildman–Crippen MR) is 101 cm³/mol. The molecule has 2 aromatic heterocycles. The lowest BCUT2D eigenvalue weighted by molar-refractivity contribution is -0.149. The van der Waals surface area contributed by atoms with E-state index < -0.39 is 18.0 Å². The van der Waals surface area contributed by atoms with Gasteiger partial charge in [0.15, 0.2) is 0 Å². The van der Waals surface area contributed by atoms with Gasteiger partial charge in [-0.05, 0) is 32.8 Å². The van der Waals surface area contributed by atoms with E-state index in [1.54, 1.807) is 20.8 Å². The summed E-state index contributed by atoms with van der Waals surface area (Å²) in [5, 5.41) is 0.325. The maximum absolute atomic E-state index is 13.0. The zero-order valence-corrected chi connectivity index (χ0v) is 16.8. The third-order valence-corrected chi connectivity index (χ3v) is 5.19. The van der Waals surface area contributed by atoms with Crippen LogP contribution < -0.4 is 5.56 Å². The molecule has 0 unspecified atom stereocenters. The molecule has 0 amide bonds. The highest BCUT2D eigenvalue weighted by Gasteiger charge is 2.25. The van der Waals surface area contributed by atoms with Gasteiger partial charge in [0.2, 0.25) is 0 Å². The zero-order chi connectivity index (χ0) is 20.0. The van der Waals surface area contributed by atoms with Crippen molar-refractivity contribution in [1.29, 1.82) is 0 Å². The SMILES string of the molecule is CCOCCOC(=O)[C@H](CC)n1cnc2sc(C(=O)OCC)c(C)c2c1=O. The van der Waals surface area contributed by atoms with Gasteiger partial charge in [-0.2, -0.15) is 0 Å². The van der Waals surface area contributed by atoms with Gasteiger partial charge in [0, 0.05) is 6.61 Å². The first kappa shape index (κ1) is 21.0. The van der Waals surface area contributed by atoms with Crippen molar-refractivity contribution in [3.63, 3.8) is 0 Å². The molecule has 0 aliphatic carbocycles. The number of carbonyl (C=O) groups is 2. The van der Waals surface area contributed by atoms with E-state index in [9.17, 15) is 14.4 Å². The van der Waals surface area contributed by atoms with Crippen molar-refractivity contribution in [2.24, 2.45) is 0 Å². The maximum atomic E-state index is 13.0. The third-order valence-electron chi connectivity index (χ3n) is 4.01. The molecule has 0 radical (unpaired) electrons. The smallest absolute Gasteiger partial charge is 0.348 e. The Bertz CT molecular complexity index is 873. The standard InChI is InChI=1S/C18H24N2O6S/c1-5-12(17(22)26-9-8-24-6-2)20-10-19-15-13(16(20)21)11(4)14(27-15)18(23)25-7-3/h10,12H,5-9H2,1-4H3/t12-/m0/s1. The Balaban J connectivity index is 2.36. The van der Waals surface area contributed by atoms with Gasteiger partial charge in [0.25, 0.3) is 5.56 Å². The first-order valence-corrected chi connectivity index (χ1v) is 9.69. The minimum absolute atomic E-state index is 0.123. The molecule has 0 saturated heterocycles. The molecule has 2 heterocycles. The van der Waals surface area contributed by atoms with Crippen LogP contribution in [0.3, 0.4) is 0 Å². The molecule has 0 bridgehead atoms. The molecule has 8 nitrogen and oxygen atoms in total. The second kappa shape index (κ2) is 9.61. The summed E-state index contributed by atoms with van der Waals surface area (Å²) in [6.45, 7) is 8.25. The fourth-order valence-corrected chi connectivity index (χ4v) is 3.70. The number of rotatable bonds is 9. The molecule has 148 valence electrons. The summed E-state index contributed by atoms with van der Waals surface area (Å²) in [6, 6.07) is -0.790. The largest absolute Gasteiger partial charge is 0.462 e. The second-order valence-corrected chi connectivity index (χ2v) is 6.70. The second-order valence-electron chi connectivity index (χ2n) is 5.70. The van der Waals surface area contributed by atoms with E-state index in [4.69, 9.17) is 14.2 Å². The molecule has 2 rings (SSSR count). The normalized spacial score (nSPS) is 12.1. The molecule has 2 aromatic rings. The first-order chi connectivity index (χ1) is 13.0. The van der Waals surface area contributed by atoms with Crippen molar-refractivity contribution >= 4 is 33.5 Å². The van der Waals surface area contributed by atoms with Gasteiger partial charge in [-0.1, -0.05) is 6.92 Å². The van der Waals surface area contributed by atoms with Gasteiger partial charge in [-0.15, -0.1) is 11.3 Å². The average molecular weight is 396 g/mol. The third kappa shape index (κ3) is 4.54. The van der Waals surface area contributed by atoms with Gasteiger partial charge in [-0.3, -0.25) is 9.36 Å². The summed E-state index contributed by atoms with van der Waals surface area (Å²) in [7, 11) is 0. The summed E-state index contributed by atoms with van der Waals surface area (Å²) in [6.07, 6.45) is 1.70. The van der Waals surface area contributed by atoms with Crippen molar-refractivity contribution in [2.45, 2.75) is 40.2 Å². The number of aryl methyl sites for hydroxylation is 1. The highest BCUT2D eigenvalue weighted by Crippen LogP contribution is 2.28. The van der Waals surface area contributed by atoms with Crippen LogP contribution in [0.2, 0.25) is 0 Å². The zero-order valence-electron chi connectivity index (χ0n) is 15.9. The molecule has 0 fully saturated rings. The van der Waals surface area contributed by atoms with E-state index >= 15 is 0 Å². The molecule has 0 N–H and O–H groups in total. The fourth-order valence-electron chi connectivity index (χ4n) is 2.67. The van der Waals surface area contributed by atoms with Crippen LogP contribution in [0.4, 0.5) is 0 Å². The van der Waals surface area contributed by atoms with E-state index in [0.29, 0.717) is 40.3 Å². The molecule has 27 heavy (non-hydrogen) atoms. The van der Waals surface area contributed by atoms with Crippen molar-refractivity contribution in [3.05, 3.63) is 27.1 Å². The van der Waals surface area contributed by atoms with E-state index in [0.717, 1.165) is 11.3 Å². The summed E-state index contributed by atoms with van der Waals surface area (Å²) in [5.74, 6) is -0.995. The van der Waals surface area contributed by atoms with Gasteiger partial charge < -0.3 is 14.2 Å². The van der Waals surface area contributed by atoms with Crippen molar-refractivity contribution in [1.82, 2.24) is 9.55 Å². The van der Waals surface area contributed by atoms with Crippen LogP contribution in [0.5, 0.6) is 0 Å². The van der Waals surface area contributed by atoms with Crippen LogP contribution in [0.15, 0.2) is 11.1 Å². The van der Waals surface area contributed by atoms with E-state index in [1.807, 2.05) is 6.92 Å². The predicted octanol–water partition coefficient (Wildman–Crippen LogP) is 2.47. The Hall–Kier alpha value is -2.26. The maximum Gasteiger partial charge on any atom is 0.348 e. The van der Waals surface area contributed by atoms with Gasteiger partial charge in [0.1, 0.15) is 22.4 Å². The summed E-state index contributed by atoms with van der Waals surface area (Å²) >= 11 is 1.11. The van der Waals surface area contributed by atoms with Crippen LogP contribution in [-0.2, 0) is 19.0 Å². The number of hydrogen-bond acceptors (Lipinski definition) is 8. The van der Waals surface area contributed by atoms with Crippen molar-refractivity contribution in [2.75, 3.05) is 26.4 Å². The van der Waals surface area contributed by atoms with Crippen LogP contribution in [0, 0.1) is 6.92 Å². The van der Waals surface area contributed by atoms with Crippen molar-refractivity contribution < 1.29 is 23.8 Å². The van der Waals surface area contributed by atoms with Gasteiger partial charge in [0.05, 0.1) is 24.9 Å². The minimum Gasteiger partial charge on any atom is -0.462 e. The molecule has 0 aliphatic rings. The fraction of sp³-hybridized carbons (Fsp3) is 0.556. The average Bonchev–Trinajstić information content (AvgIpc) is 2.99. The Kier molecular flexibility index (Phi) is 7.49.